The van der Waals surface area contributed by atoms with Crippen LogP contribution in [0.4, 0.5) is 0 Å². The molecule has 1 heterocycles. The van der Waals surface area contributed by atoms with Gasteiger partial charge in [0.05, 0.1) is 10.9 Å². The van der Waals surface area contributed by atoms with E-state index in [1.807, 2.05) is 0 Å². The van der Waals surface area contributed by atoms with Crippen LogP contribution in [0.5, 0.6) is 0 Å². The van der Waals surface area contributed by atoms with Crippen molar-refractivity contribution >= 4 is 43.3 Å². The van der Waals surface area contributed by atoms with E-state index in [0.717, 1.165) is 15.1 Å². The molecule has 1 aromatic heterocycles. The molecule has 8 heteroatoms. The van der Waals surface area contributed by atoms with E-state index in [2.05, 4.69) is 25.4 Å². The van der Waals surface area contributed by atoms with Gasteiger partial charge in [0.1, 0.15) is 4.21 Å². The molecule has 0 spiro atoms. The monoisotopic (exact) mass is 341 g/mol. The van der Waals surface area contributed by atoms with Gasteiger partial charge in [0.25, 0.3) is 0 Å². The van der Waals surface area contributed by atoms with Crippen molar-refractivity contribution in [1.29, 1.82) is 0 Å². The van der Waals surface area contributed by atoms with E-state index in [4.69, 9.17) is 0 Å². The lowest BCUT2D eigenvalue weighted by Crippen LogP contribution is -2.24. The van der Waals surface area contributed by atoms with Crippen LogP contribution < -0.4 is 4.72 Å². The second-order valence-corrected chi connectivity index (χ2v) is 7.59. The Hall–Kier alpha value is -0.440. The maximum Gasteiger partial charge on any atom is 0.305 e. The first-order valence-corrected chi connectivity index (χ1v) is 7.87. The van der Waals surface area contributed by atoms with Gasteiger partial charge in [-0.05, 0) is 34.5 Å². The van der Waals surface area contributed by atoms with Crippen molar-refractivity contribution in [3.8, 4) is 0 Å². The molecule has 1 N–H and O–H groups in total. The fourth-order valence-electron chi connectivity index (χ4n) is 1.05. The molecule has 17 heavy (non-hydrogen) atoms. The minimum atomic E-state index is -3.46. The van der Waals surface area contributed by atoms with Crippen LogP contribution in [0.1, 0.15) is 12.8 Å². The molecule has 0 aliphatic carbocycles. The third-order valence-electron chi connectivity index (χ3n) is 1.89. The smallest absolute Gasteiger partial charge is 0.305 e. The molecule has 0 unspecified atom stereocenters. The van der Waals surface area contributed by atoms with Gasteiger partial charge in [0, 0.05) is 13.0 Å². The summed E-state index contributed by atoms with van der Waals surface area (Å²) in [7, 11) is -2.16. The first-order chi connectivity index (χ1) is 7.95. The Balaban J connectivity index is 2.43. The zero-order valence-corrected chi connectivity index (χ0v) is 12.3. The molecule has 0 aromatic carbocycles. The number of hydrogen-bond donors (Lipinski definition) is 1. The molecule has 0 saturated carbocycles. The number of hydrogen-bond acceptors (Lipinski definition) is 5. The van der Waals surface area contributed by atoms with Crippen LogP contribution in [0.15, 0.2) is 20.1 Å². The first-order valence-electron chi connectivity index (χ1n) is 4.77. The minimum absolute atomic E-state index is 0.202. The van der Waals surface area contributed by atoms with E-state index >= 15 is 0 Å². The van der Waals surface area contributed by atoms with Gasteiger partial charge in [-0.15, -0.1) is 11.3 Å². The lowest BCUT2D eigenvalue weighted by Gasteiger charge is -2.03. The summed E-state index contributed by atoms with van der Waals surface area (Å²) in [5.74, 6) is -0.344. The number of rotatable bonds is 6. The summed E-state index contributed by atoms with van der Waals surface area (Å²) >= 11 is 4.34. The molecule has 1 aromatic rings. The van der Waals surface area contributed by atoms with Crippen molar-refractivity contribution in [2.24, 2.45) is 0 Å². The highest BCUT2D eigenvalue weighted by atomic mass is 79.9. The third-order valence-corrected chi connectivity index (χ3v) is 5.47. The predicted octanol–water partition coefficient (Wildman–Crippen LogP) is 1.74. The standard InChI is InChI=1S/C9H12BrNO4S2/c1-15-8(12)3-2-6-11-17(13,14)9-5-4-7(10)16-9/h4-5,11H,2-3,6H2,1H3. The van der Waals surface area contributed by atoms with E-state index < -0.39 is 10.0 Å². The summed E-state index contributed by atoms with van der Waals surface area (Å²) in [6.07, 6.45) is 0.617. The quantitative estimate of drug-likeness (QED) is 0.631. The molecule has 0 fully saturated rings. The number of methoxy groups -OCH3 is 1. The van der Waals surface area contributed by atoms with Crippen LogP contribution in [-0.2, 0) is 19.6 Å². The largest absolute Gasteiger partial charge is 0.469 e. The molecule has 0 radical (unpaired) electrons. The van der Waals surface area contributed by atoms with Gasteiger partial charge in [0.2, 0.25) is 10.0 Å². The number of halogens is 1. The van der Waals surface area contributed by atoms with E-state index in [-0.39, 0.29) is 23.1 Å². The van der Waals surface area contributed by atoms with Crippen LogP contribution in [0.3, 0.4) is 0 Å². The van der Waals surface area contributed by atoms with Gasteiger partial charge in [0.15, 0.2) is 0 Å². The molecule has 0 aliphatic heterocycles. The van der Waals surface area contributed by atoms with Crippen molar-refractivity contribution in [2.45, 2.75) is 17.1 Å². The van der Waals surface area contributed by atoms with Crippen molar-refractivity contribution in [3.05, 3.63) is 15.9 Å². The molecule has 0 bridgehead atoms. The average Bonchev–Trinajstić information content (AvgIpc) is 2.71. The topological polar surface area (TPSA) is 72.5 Å². The normalized spacial score (nSPS) is 11.4. The van der Waals surface area contributed by atoms with Crippen LogP contribution in [0, 0.1) is 0 Å². The van der Waals surface area contributed by atoms with E-state index in [1.54, 1.807) is 6.07 Å². The predicted molar refractivity (Wildman–Crippen MR) is 68.5 cm³/mol. The summed E-state index contributed by atoms with van der Waals surface area (Å²) in [5, 5.41) is 0. The zero-order chi connectivity index (χ0) is 12.9. The molecule has 1 rings (SSSR count). The Morgan fingerprint density at radius 3 is 2.76 bits per heavy atom. The van der Waals surface area contributed by atoms with Crippen LogP contribution >= 0.6 is 27.3 Å². The van der Waals surface area contributed by atoms with E-state index in [1.165, 1.54) is 13.2 Å². The molecule has 0 atom stereocenters. The molecular formula is C9H12BrNO4S2. The van der Waals surface area contributed by atoms with Gasteiger partial charge >= 0.3 is 5.97 Å². The number of ether oxygens (including phenoxy) is 1. The summed E-state index contributed by atoms with van der Waals surface area (Å²) < 4.78 is 31.3. The summed E-state index contributed by atoms with van der Waals surface area (Å²) in [6.45, 7) is 0.215. The van der Waals surface area contributed by atoms with Gasteiger partial charge in [-0.25, -0.2) is 13.1 Å². The Morgan fingerprint density at radius 1 is 1.53 bits per heavy atom. The summed E-state index contributed by atoms with van der Waals surface area (Å²) in [4.78, 5) is 10.8. The second-order valence-electron chi connectivity index (χ2n) is 3.14. The molecular weight excluding hydrogens is 330 g/mol. The Labute approximate surface area is 112 Å². The Kier molecular flexibility index (Phi) is 5.57. The fourth-order valence-corrected chi connectivity index (χ4v) is 4.18. The van der Waals surface area contributed by atoms with Crippen LogP contribution in [-0.4, -0.2) is 28.0 Å². The lowest BCUT2D eigenvalue weighted by molar-refractivity contribution is -0.140. The molecule has 5 nitrogen and oxygen atoms in total. The van der Waals surface area contributed by atoms with Gasteiger partial charge in [-0.3, -0.25) is 4.79 Å². The molecule has 0 saturated heterocycles. The fraction of sp³-hybridized carbons (Fsp3) is 0.444. The number of carbonyl (C=O) groups excluding carboxylic acids is 1. The van der Waals surface area contributed by atoms with Crippen molar-refractivity contribution in [2.75, 3.05) is 13.7 Å². The molecule has 0 amide bonds. The highest BCUT2D eigenvalue weighted by Crippen LogP contribution is 2.25. The van der Waals surface area contributed by atoms with E-state index in [9.17, 15) is 13.2 Å². The van der Waals surface area contributed by atoms with Crippen LogP contribution in [0.25, 0.3) is 0 Å². The highest BCUT2D eigenvalue weighted by molar-refractivity contribution is 9.11. The second kappa shape index (κ2) is 6.48. The number of carbonyl (C=O) groups is 1. The van der Waals surface area contributed by atoms with Gasteiger partial charge in [-0.1, -0.05) is 0 Å². The Bertz CT molecular complexity index is 483. The SMILES string of the molecule is COC(=O)CCCNS(=O)(=O)c1ccc(Br)s1. The maximum atomic E-state index is 11.7. The summed E-state index contributed by atoms with van der Waals surface area (Å²) in [5.41, 5.74) is 0. The van der Waals surface area contributed by atoms with Crippen molar-refractivity contribution in [3.63, 3.8) is 0 Å². The number of thiophene rings is 1. The molecule has 0 aliphatic rings. The third kappa shape index (κ3) is 4.74. The lowest BCUT2D eigenvalue weighted by atomic mass is 10.3. The number of esters is 1. The number of nitrogens with one attached hydrogen (secondary N) is 1. The average molecular weight is 342 g/mol. The molecule has 96 valence electrons. The number of sulfonamides is 1. The summed E-state index contributed by atoms with van der Waals surface area (Å²) in [6, 6.07) is 3.20. The first kappa shape index (κ1) is 14.6. The van der Waals surface area contributed by atoms with Gasteiger partial charge < -0.3 is 4.74 Å². The van der Waals surface area contributed by atoms with Crippen LogP contribution in [0.2, 0.25) is 0 Å². The Morgan fingerprint density at radius 2 is 2.24 bits per heavy atom. The minimum Gasteiger partial charge on any atom is -0.469 e. The van der Waals surface area contributed by atoms with E-state index in [0.29, 0.717) is 6.42 Å². The zero-order valence-electron chi connectivity index (χ0n) is 9.10. The highest BCUT2D eigenvalue weighted by Gasteiger charge is 2.15. The maximum absolute atomic E-state index is 11.7. The van der Waals surface area contributed by atoms with Crippen molar-refractivity contribution < 1.29 is 17.9 Å². The van der Waals surface area contributed by atoms with Gasteiger partial charge in [-0.2, -0.15) is 0 Å². The van der Waals surface area contributed by atoms with Crippen molar-refractivity contribution in [1.82, 2.24) is 4.72 Å².